The summed E-state index contributed by atoms with van der Waals surface area (Å²) in [5, 5.41) is 11.3. The monoisotopic (exact) mass is 391 g/mol. The van der Waals surface area contributed by atoms with E-state index in [1.807, 2.05) is 4.90 Å². The molecule has 1 aliphatic heterocycles. The Kier molecular flexibility index (Phi) is 8.39. The molecule has 0 spiro atoms. The van der Waals surface area contributed by atoms with Crippen LogP contribution in [0.5, 0.6) is 0 Å². The highest BCUT2D eigenvalue weighted by Gasteiger charge is 2.29. The van der Waals surface area contributed by atoms with Crippen LogP contribution in [0.1, 0.15) is 19.8 Å². The SMILES string of the molecule is CC(C(=O)Nc1ccc(F)cc1F)N1CCC(N(C)CC(=O)O)CC1.Cl. The van der Waals surface area contributed by atoms with Crippen LogP contribution < -0.4 is 5.32 Å². The zero-order chi connectivity index (χ0) is 18.6. The number of halogens is 3. The third-order valence-electron chi connectivity index (χ3n) is 4.62. The van der Waals surface area contributed by atoms with Gasteiger partial charge in [-0.25, -0.2) is 8.78 Å². The van der Waals surface area contributed by atoms with Crippen molar-refractivity contribution in [2.45, 2.75) is 31.8 Å². The number of rotatable bonds is 6. The number of hydrogen-bond acceptors (Lipinski definition) is 4. The van der Waals surface area contributed by atoms with E-state index in [0.717, 1.165) is 25.0 Å². The van der Waals surface area contributed by atoms with Crippen LogP contribution in [0, 0.1) is 11.6 Å². The summed E-state index contributed by atoms with van der Waals surface area (Å²) < 4.78 is 26.6. The number of amides is 1. The number of aliphatic carboxylic acids is 1. The van der Waals surface area contributed by atoms with Crippen molar-refractivity contribution in [3.8, 4) is 0 Å². The van der Waals surface area contributed by atoms with Crippen LogP contribution in [-0.2, 0) is 9.59 Å². The summed E-state index contributed by atoms with van der Waals surface area (Å²) in [6.45, 7) is 3.02. The number of carboxylic acids is 1. The third kappa shape index (κ3) is 5.89. The maximum atomic E-state index is 13.6. The standard InChI is InChI=1S/C17H23F2N3O3.ClH/c1-11(17(25)20-15-4-3-12(18)9-14(15)19)22-7-5-13(6-8-22)21(2)10-16(23)24;/h3-4,9,11,13H,5-8,10H2,1-2H3,(H,20,25)(H,23,24);1H. The second kappa shape index (κ2) is 9.80. The van der Waals surface area contributed by atoms with Gasteiger partial charge in [-0.05, 0) is 38.9 Å². The van der Waals surface area contributed by atoms with Crippen LogP contribution in [0.2, 0.25) is 0 Å². The van der Waals surface area contributed by atoms with Crippen molar-refractivity contribution in [1.82, 2.24) is 9.80 Å². The van der Waals surface area contributed by atoms with Crippen molar-refractivity contribution in [1.29, 1.82) is 0 Å². The molecular formula is C17H24ClF2N3O3. The largest absolute Gasteiger partial charge is 0.480 e. The normalized spacial score (nSPS) is 16.8. The van der Waals surface area contributed by atoms with Gasteiger partial charge in [0.2, 0.25) is 5.91 Å². The summed E-state index contributed by atoms with van der Waals surface area (Å²) in [6.07, 6.45) is 1.51. The zero-order valence-corrected chi connectivity index (χ0v) is 15.6. The number of carbonyl (C=O) groups excluding carboxylic acids is 1. The zero-order valence-electron chi connectivity index (χ0n) is 14.7. The highest BCUT2D eigenvalue weighted by molar-refractivity contribution is 5.94. The van der Waals surface area contributed by atoms with E-state index in [1.165, 1.54) is 6.07 Å². The van der Waals surface area contributed by atoms with Crippen molar-refractivity contribution in [2.24, 2.45) is 0 Å². The van der Waals surface area contributed by atoms with E-state index in [4.69, 9.17) is 5.11 Å². The van der Waals surface area contributed by atoms with Gasteiger partial charge in [0.05, 0.1) is 18.3 Å². The summed E-state index contributed by atoms with van der Waals surface area (Å²) in [7, 11) is 1.78. The smallest absolute Gasteiger partial charge is 0.317 e. The van der Waals surface area contributed by atoms with E-state index < -0.39 is 23.6 Å². The van der Waals surface area contributed by atoms with Gasteiger partial charge < -0.3 is 10.4 Å². The second-order valence-electron chi connectivity index (χ2n) is 6.37. The Morgan fingerprint density at radius 1 is 1.35 bits per heavy atom. The summed E-state index contributed by atoms with van der Waals surface area (Å²) in [6, 6.07) is 2.71. The van der Waals surface area contributed by atoms with Crippen LogP contribution in [0.4, 0.5) is 14.5 Å². The van der Waals surface area contributed by atoms with E-state index in [0.29, 0.717) is 13.1 Å². The molecule has 1 atom stereocenters. The van der Waals surface area contributed by atoms with Crippen LogP contribution in [0.25, 0.3) is 0 Å². The predicted molar refractivity (Wildman–Crippen MR) is 96.6 cm³/mol. The fraction of sp³-hybridized carbons (Fsp3) is 0.529. The average molecular weight is 392 g/mol. The first-order chi connectivity index (χ1) is 11.8. The van der Waals surface area contributed by atoms with Crippen LogP contribution in [0.15, 0.2) is 18.2 Å². The molecule has 2 rings (SSSR count). The molecule has 26 heavy (non-hydrogen) atoms. The Hall–Kier alpha value is -1.77. The number of hydrogen-bond donors (Lipinski definition) is 2. The summed E-state index contributed by atoms with van der Waals surface area (Å²) in [5.41, 5.74) is -0.0469. The Morgan fingerprint density at radius 3 is 2.50 bits per heavy atom. The minimum absolute atomic E-state index is 0. The van der Waals surface area contributed by atoms with Gasteiger partial charge >= 0.3 is 5.97 Å². The molecule has 0 aliphatic carbocycles. The van der Waals surface area contributed by atoms with Crippen molar-refractivity contribution in [3.63, 3.8) is 0 Å². The highest BCUT2D eigenvalue weighted by Crippen LogP contribution is 2.19. The Labute approximate surface area is 157 Å². The summed E-state index contributed by atoms with van der Waals surface area (Å²) in [4.78, 5) is 26.9. The van der Waals surface area contributed by atoms with Crippen LogP contribution in [-0.4, -0.2) is 65.5 Å². The number of piperidine rings is 1. The molecule has 6 nitrogen and oxygen atoms in total. The number of likely N-dealkylation sites (tertiary alicyclic amines) is 1. The van der Waals surface area contributed by atoms with Gasteiger partial charge in [0.1, 0.15) is 11.6 Å². The maximum absolute atomic E-state index is 13.6. The lowest BCUT2D eigenvalue weighted by Gasteiger charge is -2.38. The molecule has 1 saturated heterocycles. The van der Waals surface area contributed by atoms with E-state index in [1.54, 1.807) is 18.9 Å². The Morgan fingerprint density at radius 2 is 1.96 bits per heavy atom. The number of benzene rings is 1. The van der Waals surface area contributed by atoms with E-state index in [9.17, 15) is 18.4 Å². The fourth-order valence-electron chi connectivity index (χ4n) is 3.05. The number of carbonyl (C=O) groups is 2. The summed E-state index contributed by atoms with van der Waals surface area (Å²) >= 11 is 0. The number of likely N-dealkylation sites (N-methyl/N-ethyl adjacent to an activating group) is 1. The second-order valence-corrected chi connectivity index (χ2v) is 6.37. The molecule has 1 fully saturated rings. The molecule has 0 bridgehead atoms. The van der Waals surface area contributed by atoms with Crippen LogP contribution in [0.3, 0.4) is 0 Å². The molecule has 1 aromatic carbocycles. The average Bonchev–Trinajstić information content (AvgIpc) is 2.56. The first-order valence-corrected chi connectivity index (χ1v) is 8.20. The fourth-order valence-corrected chi connectivity index (χ4v) is 3.05. The van der Waals surface area contributed by atoms with Gasteiger partial charge in [0, 0.05) is 25.2 Å². The number of anilines is 1. The first kappa shape index (κ1) is 22.3. The first-order valence-electron chi connectivity index (χ1n) is 8.20. The van der Waals surface area contributed by atoms with Crippen molar-refractivity contribution < 1.29 is 23.5 Å². The number of nitrogens with one attached hydrogen (secondary N) is 1. The van der Waals surface area contributed by atoms with Gasteiger partial charge in [0.15, 0.2) is 0 Å². The molecular weight excluding hydrogens is 368 g/mol. The predicted octanol–water partition coefficient (Wildman–Crippen LogP) is 2.19. The lowest BCUT2D eigenvalue weighted by molar-refractivity contribution is -0.138. The van der Waals surface area contributed by atoms with E-state index in [-0.39, 0.29) is 36.6 Å². The minimum Gasteiger partial charge on any atom is -0.480 e. The van der Waals surface area contributed by atoms with E-state index in [2.05, 4.69) is 5.32 Å². The Bertz CT molecular complexity index is 640. The minimum atomic E-state index is -0.862. The molecule has 1 aliphatic rings. The molecule has 1 aromatic rings. The van der Waals surface area contributed by atoms with Gasteiger partial charge in [-0.2, -0.15) is 0 Å². The van der Waals surface area contributed by atoms with Gasteiger partial charge in [-0.3, -0.25) is 19.4 Å². The maximum Gasteiger partial charge on any atom is 0.317 e. The molecule has 0 saturated carbocycles. The van der Waals surface area contributed by atoms with Crippen molar-refractivity contribution in [2.75, 3.05) is 32.0 Å². The summed E-state index contributed by atoms with van der Waals surface area (Å²) in [5.74, 6) is -2.73. The molecule has 146 valence electrons. The molecule has 1 amide bonds. The van der Waals surface area contributed by atoms with Gasteiger partial charge in [0.25, 0.3) is 0 Å². The third-order valence-corrected chi connectivity index (χ3v) is 4.62. The lowest BCUT2D eigenvalue weighted by Crippen LogP contribution is -2.50. The number of carboxylic acid groups (broad SMARTS) is 1. The molecule has 2 N–H and O–H groups in total. The molecule has 1 unspecified atom stereocenters. The molecule has 0 radical (unpaired) electrons. The highest BCUT2D eigenvalue weighted by atomic mass is 35.5. The van der Waals surface area contributed by atoms with Crippen molar-refractivity contribution in [3.05, 3.63) is 29.8 Å². The van der Waals surface area contributed by atoms with Crippen molar-refractivity contribution >= 4 is 30.0 Å². The van der Waals surface area contributed by atoms with E-state index >= 15 is 0 Å². The van der Waals surface area contributed by atoms with Gasteiger partial charge in [-0.15, -0.1) is 12.4 Å². The number of nitrogens with zero attached hydrogens (tertiary/aromatic N) is 2. The van der Waals surface area contributed by atoms with Crippen LogP contribution >= 0.6 is 12.4 Å². The molecule has 9 heteroatoms. The van der Waals surface area contributed by atoms with Gasteiger partial charge in [-0.1, -0.05) is 0 Å². The lowest BCUT2D eigenvalue weighted by atomic mass is 10.0. The topological polar surface area (TPSA) is 72.9 Å². The molecule has 0 aromatic heterocycles. The quantitative estimate of drug-likeness (QED) is 0.777. The molecule has 1 heterocycles. The Balaban J connectivity index is 0.00000338.